The van der Waals surface area contributed by atoms with Crippen molar-refractivity contribution < 1.29 is 43.8 Å². The summed E-state index contributed by atoms with van der Waals surface area (Å²) in [5, 5.41) is 35.8. The van der Waals surface area contributed by atoms with E-state index < -0.39 is 84.3 Å². The summed E-state index contributed by atoms with van der Waals surface area (Å²) in [4.78, 5) is 94.6. The molecule has 2 bridgehead atoms. The van der Waals surface area contributed by atoms with Gasteiger partial charge in [-0.15, -0.1) is 0 Å². The van der Waals surface area contributed by atoms with Gasteiger partial charge in [-0.2, -0.15) is 0 Å². The SMILES string of the molecule is CCCCN1C(=O)NCc2cccc(c2)C(=O)N[C@@H](CC(C)C)C(=O)N[C@@H](CC(=O)O)C(=O)N[C@@H]([C@@H](C)O)C(=O)N[C@@H](C)[C@H]1C(=O)NCC(C)C. The molecule has 0 spiro atoms. The monoisotopic (exact) mass is 717 g/mol. The van der Waals surface area contributed by atoms with Crippen LogP contribution in [0, 0.1) is 11.8 Å². The van der Waals surface area contributed by atoms with E-state index in [9.17, 15) is 43.8 Å². The third kappa shape index (κ3) is 13.5. The summed E-state index contributed by atoms with van der Waals surface area (Å²) in [5.74, 6) is -5.44. The number of carboxylic acids is 1. The summed E-state index contributed by atoms with van der Waals surface area (Å²) in [5.41, 5.74) is 0.730. The Bertz CT molecular complexity index is 1400. The molecule has 0 aromatic heterocycles. The smallest absolute Gasteiger partial charge is 0.318 e. The highest BCUT2D eigenvalue weighted by Crippen LogP contribution is 2.14. The van der Waals surface area contributed by atoms with Crippen LogP contribution in [0.1, 0.15) is 90.1 Å². The average Bonchev–Trinajstić information content (AvgIpc) is 3.04. The average molecular weight is 718 g/mol. The molecule has 284 valence electrons. The number of carboxylic acid groups (broad SMARTS) is 1. The maximum atomic E-state index is 13.8. The second-order valence-electron chi connectivity index (χ2n) is 13.8. The van der Waals surface area contributed by atoms with Gasteiger partial charge in [-0.05, 0) is 56.2 Å². The van der Waals surface area contributed by atoms with Crippen molar-refractivity contribution >= 4 is 41.5 Å². The van der Waals surface area contributed by atoms with E-state index in [1.54, 1.807) is 18.2 Å². The minimum absolute atomic E-state index is 0.0213. The zero-order valence-corrected chi connectivity index (χ0v) is 30.6. The lowest BCUT2D eigenvalue weighted by molar-refractivity contribution is -0.141. The number of hydrogen-bond acceptors (Lipinski definition) is 8. The summed E-state index contributed by atoms with van der Waals surface area (Å²) < 4.78 is 0. The number of fused-ring (bicyclic) bond motifs is 2. The number of urea groups is 1. The standard InChI is InChI=1S/C35H55N7O9/c1-8-9-13-42-29(34(50)36-17-20(4)5)21(6)38-33(49)28(22(7)43)41-32(48)26(16-27(44)45)40-31(47)25(14-19(2)3)39-30(46)24-12-10-11-23(15-24)18-37-35(42)51/h10-12,15,19-22,25-26,28-29,43H,8-9,13-14,16-18H2,1-7H3,(H,36,50)(H,37,51)(H,38,49)(H,39,46)(H,40,47)(H,41,48)(H,44,45)/t21-,22+,25-,26-,28-,29-/m0/s1. The third-order valence-electron chi connectivity index (χ3n) is 8.18. The molecule has 0 unspecified atom stereocenters. The first-order valence-corrected chi connectivity index (χ1v) is 17.5. The van der Waals surface area contributed by atoms with E-state index in [-0.39, 0.29) is 43.5 Å². The number of unbranched alkanes of at least 4 members (excludes halogenated alkanes) is 1. The van der Waals surface area contributed by atoms with E-state index in [4.69, 9.17) is 0 Å². The van der Waals surface area contributed by atoms with Crippen LogP contribution in [-0.4, -0.2) is 106 Å². The molecule has 16 nitrogen and oxygen atoms in total. The number of carbonyl (C=O) groups excluding carboxylic acids is 6. The molecule has 8 N–H and O–H groups in total. The molecule has 16 heteroatoms. The Morgan fingerprint density at radius 2 is 1.59 bits per heavy atom. The molecule has 0 aliphatic carbocycles. The van der Waals surface area contributed by atoms with Crippen molar-refractivity contribution in [2.45, 2.75) is 117 Å². The van der Waals surface area contributed by atoms with Crippen LogP contribution in [0.25, 0.3) is 0 Å². The highest BCUT2D eigenvalue weighted by molar-refractivity contribution is 5.99. The number of hydrogen-bond donors (Lipinski definition) is 8. The largest absolute Gasteiger partial charge is 0.481 e. The Morgan fingerprint density at radius 3 is 2.18 bits per heavy atom. The summed E-state index contributed by atoms with van der Waals surface area (Å²) in [7, 11) is 0. The summed E-state index contributed by atoms with van der Waals surface area (Å²) in [6.07, 6.45) is -1.02. The molecule has 1 aliphatic rings. The molecule has 1 aromatic carbocycles. The molecule has 0 fully saturated rings. The molecule has 6 atom stereocenters. The van der Waals surface area contributed by atoms with Gasteiger partial charge in [-0.1, -0.05) is 53.2 Å². The van der Waals surface area contributed by atoms with E-state index >= 15 is 0 Å². The number of nitrogens with one attached hydrogen (secondary N) is 6. The number of rotatable bonds is 11. The van der Waals surface area contributed by atoms with E-state index in [1.165, 1.54) is 24.8 Å². The Kier molecular flexibility index (Phi) is 16.8. The van der Waals surface area contributed by atoms with Gasteiger partial charge in [0.25, 0.3) is 5.91 Å². The molecule has 0 radical (unpaired) electrons. The molecule has 7 amide bonds. The Labute approximate surface area is 299 Å². The molecule has 0 saturated heterocycles. The van der Waals surface area contributed by atoms with Crippen molar-refractivity contribution in [2.75, 3.05) is 13.1 Å². The predicted octanol–water partition coefficient (Wildman–Crippen LogP) is 0.627. The zero-order valence-electron chi connectivity index (χ0n) is 30.6. The number of aliphatic carboxylic acids is 1. The van der Waals surface area contributed by atoms with Crippen LogP contribution in [0.5, 0.6) is 0 Å². The first kappa shape index (κ1) is 42.4. The number of aliphatic hydroxyl groups excluding tert-OH is 1. The second-order valence-corrected chi connectivity index (χ2v) is 13.8. The Hall–Kier alpha value is -4.73. The number of nitrogens with zero attached hydrogens (tertiary/aromatic N) is 1. The maximum absolute atomic E-state index is 13.8. The van der Waals surface area contributed by atoms with Gasteiger partial charge in [0.15, 0.2) is 0 Å². The topological polar surface area (TPSA) is 235 Å². The fourth-order valence-electron chi connectivity index (χ4n) is 5.50. The van der Waals surface area contributed by atoms with Crippen LogP contribution >= 0.6 is 0 Å². The molecular formula is C35H55N7O9. The van der Waals surface area contributed by atoms with Crippen LogP contribution in [0.15, 0.2) is 24.3 Å². The third-order valence-corrected chi connectivity index (χ3v) is 8.18. The van der Waals surface area contributed by atoms with Crippen LogP contribution in [0.3, 0.4) is 0 Å². The number of carbonyl (C=O) groups is 7. The van der Waals surface area contributed by atoms with E-state index in [2.05, 4.69) is 31.9 Å². The lowest BCUT2D eigenvalue weighted by Crippen LogP contribution is -2.64. The fraction of sp³-hybridized carbons (Fsp3) is 0.629. The van der Waals surface area contributed by atoms with Gasteiger partial charge in [0, 0.05) is 25.2 Å². The molecule has 1 aromatic rings. The summed E-state index contributed by atoms with van der Waals surface area (Å²) in [6, 6.07) is -1.01. The first-order valence-electron chi connectivity index (χ1n) is 17.5. The Balaban J connectivity index is 2.68. The van der Waals surface area contributed by atoms with E-state index in [0.29, 0.717) is 18.4 Å². The highest BCUT2D eigenvalue weighted by atomic mass is 16.4. The Morgan fingerprint density at radius 1 is 0.922 bits per heavy atom. The van der Waals surface area contributed by atoms with Crippen LogP contribution in [0.2, 0.25) is 0 Å². The van der Waals surface area contributed by atoms with Crippen LogP contribution in [-0.2, 0) is 30.5 Å². The van der Waals surface area contributed by atoms with Gasteiger partial charge in [-0.25, -0.2) is 4.79 Å². The predicted molar refractivity (Wildman–Crippen MR) is 188 cm³/mol. The van der Waals surface area contributed by atoms with Crippen molar-refractivity contribution in [2.24, 2.45) is 11.8 Å². The van der Waals surface area contributed by atoms with E-state index in [0.717, 1.165) is 0 Å². The van der Waals surface area contributed by atoms with Gasteiger partial charge in [0.05, 0.1) is 18.6 Å². The minimum atomic E-state index is -1.69. The number of benzene rings is 1. The quantitative estimate of drug-likeness (QED) is 0.160. The summed E-state index contributed by atoms with van der Waals surface area (Å²) >= 11 is 0. The van der Waals surface area contributed by atoms with Gasteiger partial charge in [0.2, 0.25) is 23.6 Å². The fourth-order valence-corrected chi connectivity index (χ4v) is 5.50. The number of aliphatic hydroxyl groups is 1. The maximum Gasteiger partial charge on any atom is 0.318 e. The lowest BCUT2D eigenvalue weighted by atomic mass is 10.0. The molecular weight excluding hydrogens is 662 g/mol. The normalized spacial score (nSPS) is 23.4. The summed E-state index contributed by atoms with van der Waals surface area (Å²) in [6.45, 7) is 12.5. The first-order chi connectivity index (χ1) is 23.9. The van der Waals surface area contributed by atoms with Gasteiger partial charge < -0.3 is 47.0 Å². The van der Waals surface area contributed by atoms with Gasteiger partial charge >= 0.3 is 12.0 Å². The van der Waals surface area contributed by atoms with Crippen molar-refractivity contribution in [1.29, 1.82) is 0 Å². The van der Waals surface area contributed by atoms with Crippen molar-refractivity contribution in [3.8, 4) is 0 Å². The lowest BCUT2D eigenvalue weighted by Gasteiger charge is -2.36. The van der Waals surface area contributed by atoms with Crippen molar-refractivity contribution in [3.05, 3.63) is 35.4 Å². The second kappa shape index (κ2) is 20.2. The van der Waals surface area contributed by atoms with Gasteiger partial charge in [0.1, 0.15) is 24.2 Å². The molecule has 51 heavy (non-hydrogen) atoms. The van der Waals surface area contributed by atoms with E-state index in [1.807, 2.05) is 34.6 Å². The van der Waals surface area contributed by atoms with Crippen molar-refractivity contribution in [3.63, 3.8) is 0 Å². The molecule has 0 saturated carbocycles. The molecule has 2 rings (SSSR count). The van der Waals surface area contributed by atoms with Gasteiger partial charge in [-0.3, -0.25) is 28.8 Å². The molecule has 1 heterocycles. The van der Waals surface area contributed by atoms with Crippen LogP contribution < -0.4 is 31.9 Å². The highest BCUT2D eigenvalue weighted by Gasteiger charge is 2.38. The zero-order chi connectivity index (χ0) is 38.4. The molecule has 1 aliphatic heterocycles. The number of amides is 7. The van der Waals surface area contributed by atoms with Crippen LogP contribution in [0.4, 0.5) is 4.79 Å². The minimum Gasteiger partial charge on any atom is -0.481 e. The van der Waals surface area contributed by atoms with Crippen molar-refractivity contribution in [1.82, 2.24) is 36.8 Å².